The molecule has 0 rings (SSSR count). The maximum Gasteiger partial charge on any atom is 0.510 e. The van der Waals surface area contributed by atoms with E-state index >= 15 is 0 Å². The van der Waals surface area contributed by atoms with Gasteiger partial charge in [0, 0.05) is 12.1 Å². The Kier molecular flexibility index (Phi) is 5.11. The summed E-state index contributed by atoms with van der Waals surface area (Å²) in [6.45, 7) is 2.53. The molecular weight excluding hydrogens is 267 g/mol. The molecule has 0 aliphatic rings. The van der Waals surface area contributed by atoms with E-state index in [2.05, 4.69) is 11.3 Å². The Balaban J connectivity index is 4.35. The van der Waals surface area contributed by atoms with Crippen LogP contribution < -0.4 is 0 Å². The number of nitrogens with zero attached hydrogens (tertiary/aromatic N) is 1. The number of hydrogen-bond acceptors (Lipinski definition) is 5. The Morgan fingerprint density at radius 3 is 2.29 bits per heavy atom. The van der Waals surface area contributed by atoms with Gasteiger partial charge in [-0.25, -0.2) is 13.2 Å². The minimum Gasteiger partial charge on any atom is -0.772 e. The van der Waals surface area contributed by atoms with Gasteiger partial charge in [-0.1, -0.05) is 6.58 Å². The van der Waals surface area contributed by atoms with E-state index in [9.17, 15) is 31.6 Å². The third-order valence-electron chi connectivity index (χ3n) is 1.42. The number of rotatable bonds is 5. The highest BCUT2D eigenvalue weighted by atomic mass is 32.2. The molecule has 0 amide bonds. The van der Waals surface area contributed by atoms with Crippen LogP contribution in [0.25, 0.3) is 0 Å². The summed E-state index contributed by atoms with van der Waals surface area (Å²) in [7, 11) is -5.93. The zero-order chi connectivity index (χ0) is 13.9. The lowest BCUT2D eigenvalue weighted by molar-refractivity contribution is -0.139. The van der Waals surface area contributed by atoms with E-state index < -0.39 is 39.1 Å². The van der Waals surface area contributed by atoms with Crippen molar-refractivity contribution < 1.29 is 31.1 Å². The zero-order valence-corrected chi connectivity index (χ0v) is 9.47. The Bertz CT molecular complexity index is 402. The summed E-state index contributed by atoms with van der Waals surface area (Å²) < 4.78 is 59.6. The van der Waals surface area contributed by atoms with Gasteiger partial charge in [-0.2, -0.15) is 13.2 Å². The van der Waals surface area contributed by atoms with E-state index in [4.69, 9.17) is 0 Å². The summed E-state index contributed by atoms with van der Waals surface area (Å²) in [5.41, 5.74) is -5.70. The Hall–Kier alpha value is -1.13. The zero-order valence-electron chi connectivity index (χ0n) is 8.65. The van der Waals surface area contributed by atoms with Crippen molar-refractivity contribution in [1.82, 2.24) is 4.47 Å². The Morgan fingerprint density at radius 2 is 1.94 bits per heavy atom. The van der Waals surface area contributed by atoms with Gasteiger partial charge >= 0.3 is 21.5 Å². The number of sulfonamides is 1. The van der Waals surface area contributed by atoms with Gasteiger partial charge in [-0.3, -0.25) is 4.47 Å². The molecule has 0 spiro atoms. The number of halogens is 3. The van der Waals surface area contributed by atoms with E-state index in [-0.39, 0.29) is 5.57 Å². The van der Waals surface area contributed by atoms with Crippen LogP contribution in [-0.2, 0) is 19.6 Å². The highest BCUT2D eigenvalue weighted by Gasteiger charge is 2.46. The number of hydrogen-bond donors (Lipinski definition) is 0. The average molecular weight is 276 g/mol. The van der Waals surface area contributed by atoms with Crippen molar-refractivity contribution in [1.29, 1.82) is 0 Å². The van der Waals surface area contributed by atoms with Crippen LogP contribution in [0.3, 0.4) is 0 Å². The van der Waals surface area contributed by atoms with Crippen LogP contribution in [0.15, 0.2) is 12.2 Å². The minimum absolute atomic E-state index is 0.0267. The van der Waals surface area contributed by atoms with Crippen LogP contribution in [0, 0.1) is 5.21 Å². The largest absolute Gasteiger partial charge is 0.772 e. The molecule has 0 fully saturated rings. The fraction of sp³-hybridized carbons (Fsp3) is 0.571. The number of ether oxygens (including phenoxy) is 1. The van der Waals surface area contributed by atoms with Gasteiger partial charge in [0.25, 0.3) is 0 Å². The predicted molar refractivity (Wildman–Crippen MR) is 50.8 cm³/mol. The number of alkyl halides is 3. The minimum atomic E-state index is -5.93. The molecule has 0 aromatic heterocycles. The molecule has 0 bridgehead atoms. The first-order chi connectivity index (χ1) is 7.50. The van der Waals surface area contributed by atoms with Crippen molar-refractivity contribution in [3.8, 4) is 0 Å². The summed E-state index contributed by atoms with van der Waals surface area (Å²) >= 11 is 0. The predicted octanol–water partition coefficient (Wildman–Crippen LogP) is 0.755. The third kappa shape index (κ3) is 4.32. The maximum absolute atomic E-state index is 11.8. The Labute approximate surface area is 95.3 Å². The van der Waals surface area contributed by atoms with Crippen LogP contribution in [0.4, 0.5) is 13.2 Å². The maximum atomic E-state index is 11.8. The highest BCUT2D eigenvalue weighted by molar-refractivity contribution is 7.90. The van der Waals surface area contributed by atoms with E-state index in [1.807, 2.05) is 0 Å². The second-order valence-corrected chi connectivity index (χ2v) is 4.71. The molecule has 0 saturated carbocycles. The quantitative estimate of drug-likeness (QED) is 0.420. The topological polar surface area (TPSA) is 86.7 Å². The lowest BCUT2D eigenvalue weighted by Gasteiger charge is -2.27. The summed E-state index contributed by atoms with van der Waals surface area (Å²) in [6, 6.07) is 0. The van der Waals surface area contributed by atoms with Gasteiger partial charge in [0.05, 0.1) is 0 Å². The van der Waals surface area contributed by atoms with Crippen molar-refractivity contribution in [2.45, 2.75) is 12.4 Å². The van der Waals surface area contributed by atoms with E-state index in [1.54, 1.807) is 0 Å². The standard InChI is InChI=1S/C7H9F3NO5S/c1-5(2)6(12)16-4-3-11(13)17(14,15)7(8,9)10/h1,3-4H2,2H3/q-1. The normalized spacial score (nSPS) is 12.6. The van der Waals surface area contributed by atoms with Crippen LogP contribution in [0.5, 0.6) is 0 Å². The Morgan fingerprint density at radius 1 is 1.47 bits per heavy atom. The van der Waals surface area contributed by atoms with Crippen molar-refractivity contribution >= 4 is 16.0 Å². The van der Waals surface area contributed by atoms with E-state index in [0.29, 0.717) is 0 Å². The van der Waals surface area contributed by atoms with Gasteiger partial charge in [0.1, 0.15) is 6.61 Å². The molecular formula is C7H9F3NO5S-. The number of esters is 1. The summed E-state index contributed by atoms with van der Waals surface area (Å²) in [5, 5.41) is 10.7. The smallest absolute Gasteiger partial charge is 0.510 e. The second-order valence-electron chi connectivity index (χ2n) is 2.89. The molecule has 6 nitrogen and oxygen atoms in total. The molecule has 17 heavy (non-hydrogen) atoms. The first-order valence-corrected chi connectivity index (χ1v) is 5.53. The van der Waals surface area contributed by atoms with Gasteiger partial charge in [-0.05, 0) is 6.92 Å². The van der Waals surface area contributed by atoms with Gasteiger partial charge < -0.3 is 9.94 Å². The first-order valence-electron chi connectivity index (χ1n) is 4.09. The van der Waals surface area contributed by atoms with Crippen LogP contribution in [0.2, 0.25) is 0 Å². The van der Waals surface area contributed by atoms with Crippen LogP contribution >= 0.6 is 0 Å². The fourth-order valence-corrected chi connectivity index (χ4v) is 1.12. The molecule has 0 aliphatic heterocycles. The fourth-order valence-electron chi connectivity index (χ4n) is 0.572. The SMILES string of the molecule is C=C(C)C(=O)OCCN([O-])S(=O)(=O)C(F)(F)F. The summed E-state index contributed by atoms with van der Waals surface area (Å²) in [5.74, 6) is -0.928. The summed E-state index contributed by atoms with van der Waals surface area (Å²) in [6.07, 6.45) is 0. The van der Waals surface area contributed by atoms with Gasteiger partial charge in [0.2, 0.25) is 0 Å². The molecule has 0 radical (unpaired) electrons. The monoisotopic (exact) mass is 276 g/mol. The lowest BCUT2D eigenvalue weighted by Crippen LogP contribution is -2.38. The van der Waals surface area contributed by atoms with Gasteiger partial charge in [-0.15, -0.1) is 0 Å². The summed E-state index contributed by atoms with van der Waals surface area (Å²) in [4.78, 5) is 10.8. The molecule has 0 saturated heterocycles. The molecule has 0 unspecified atom stereocenters. The van der Waals surface area contributed by atoms with Gasteiger partial charge in [0.15, 0.2) is 0 Å². The van der Waals surface area contributed by atoms with Crippen molar-refractivity contribution in [3.05, 3.63) is 17.4 Å². The number of carbonyl (C=O) groups is 1. The van der Waals surface area contributed by atoms with Crippen molar-refractivity contribution in [2.24, 2.45) is 0 Å². The van der Waals surface area contributed by atoms with Crippen LogP contribution in [-0.4, -0.2) is 37.5 Å². The third-order valence-corrected chi connectivity index (χ3v) is 2.72. The average Bonchev–Trinajstić information content (AvgIpc) is 2.15. The number of hydroxylamine groups is 1. The van der Waals surface area contributed by atoms with Crippen molar-refractivity contribution in [2.75, 3.05) is 13.2 Å². The molecule has 0 heterocycles. The van der Waals surface area contributed by atoms with E-state index in [1.165, 1.54) is 6.92 Å². The highest BCUT2D eigenvalue weighted by Crippen LogP contribution is 2.25. The molecule has 0 atom stereocenters. The van der Waals surface area contributed by atoms with Crippen LogP contribution in [0.1, 0.15) is 6.92 Å². The lowest BCUT2D eigenvalue weighted by atomic mass is 10.4. The number of carbonyl (C=O) groups excluding carboxylic acids is 1. The second kappa shape index (κ2) is 5.47. The molecule has 0 aromatic rings. The van der Waals surface area contributed by atoms with E-state index in [0.717, 1.165) is 0 Å². The van der Waals surface area contributed by atoms with Crippen molar-refractivity contribution in [3.63, 3.8) is 0 Å². The molecule has 10 heteroatoms. The molecule has 0 N–H and O–H groups in total. The molecule has 0 aromatic carbocycles. The molecule has 100 valence electrons. The molecule has 0 aliphatic carbocycles. The first kappa shape index (κ1) is 15.9.